The number of allylic oxidation sites excluding steroid dienone is 2. The Balaban J connectivity index is 0.00000324. The van der Waals surface area contributed by atoms with Gasteiger partial charge in [0.25, 0.3) is 11.6 Å². The standard InChI is InChI=1S/C24H29N5O4.ClH/c1-16(2)10-12-28-20-21(26-23(28)33-15-17-9-11-25-13-17)27(3)24(32)29(22(20)31)14-19(30)18-7-5-4-6-8-18;/h4-8,10,17,25H,9,11-15H2,1-3H3;1H/t17-;/m1./s1. The van der Waals surface area contributed by atoms with Gasteiger partial charge in [0, 0.05) is 31.6 Å². The Labute approximate surface area is 203 Å². The van der Waals surface area contributed by atoms with Gasteiger partial charge in [0.05, 0.1) is 13.2 Å². The molecule has 1 aliphatic rings. The molecule has 1 atom stereocenters. The molecule has 0 bridgehead atoms. The van der Waals surface area contributed by atoms with Gasteiger partial charge < -0.3 is 10.1 Å². The summed E-state index contributed by atoms with van der Waals surface area (Å²) >= 11 is 0. The van der Waals surface area contributed by atoms with Crippen LogP contribution in [0.15, 0.2) is 51.6 Å². The third-order valence-corrected chi connectivity index (χ3v) is 5.89. The molecular formula is C24H30ClN5O4. The lowest BCUT2D eigenvalue weighted by Gasteiger charge is -2.12. The number of halogens is 1. The van der Waals surface area contributed by atoms with E-state index in [-0.39, 0.29) is 35.9 Å². The molecule has 2 aromatic heterocycles. The van der Waals surface area contributed by atoms with E-state index in [1.165, 1.54) is 4.57 Å². The van der Waals surface area contributed by atoms with E-state index in [0.29, 0.717) is 30.6 Å². The predicted octanol–water partition coefficient (Wildman–Crippen LogP) is 2.16. The zero-order chi connectivity index (χ0) is 23.5. The normalized spacial score (nSPS) is 15.2. The number of carbonyl (C=O) groups excluding carboxylic acids is 1. The van der Waals surface area contributed by atoms with Crippen LogP contribution in [0.5, 0.6) is 6.01 Å². The molecule has 1 aromatic carbocycles. The van der Waals surface area contributed by atoms with E-state index in [4.69, 9.17) is 4.74 Å². The van der Waals surface area contributed by atoms with Crippen molar-refractivity contribution in [3.63, 3.8) is 0 Å². The van der Waals surface area contributed by atoms with Crippen molar-refractivity contribution in [3.8, 4) is 6.01 Å². The number of aromatic nitrogens is 4. The molecule has 3 heterocycles. The molecule has 9 nitrogen and oxygen atoms in total. The number of hydrogen-bond donors (Lipinski definition) is 1. The number of ketones is 1. The average molecular weight is 488 g/mol. The third kappa shape index (κ3) is 5.15. The molecule has 3 aromatic rings. The molecule has 0 aliphatic carbocycles. The Morgan fingerprint density at radius 2 is 1.94 bits per heavy atom. The highest BCUT2D eigenvalue weighted by molar-refractivity contribution is 5.95. The summed E-state index contributed by atoms with van der Waals surface area (Å²) in [7, 11) is 1.55. The van der Waals surface area contributed by atoms with Crippen molar-refractivity contribution in [2.24, 2.45) is 13.0 Å². The highest BCUT2D eigenvalue weighted by Gasteiger charge is 2.23. The van der Waals surface area contributed by atoms with Crippen LogP contribution in [0.4, 0.5) is 0 Å². The summed E-state index contributed by atoms with van der Waals surface area (Å²) in [6.07, 6.45) is 2.98. The van der Waals surface area contributed by atoms with Gasteiger partial charge in [-0.05, 0) is 26.8 Å². The Hall–Kier alpha value is -3.17. The second kappa shape index (κ2) is 10.8. The van der Waals surface area contributed by atoms with Gasteiger partial charge in [0.15, 0.2) is 16.9 Å². The quantitative estimate of drug-likeness (QED) is 0.386. The van der Waals surface area contributed by atoms with E-state index < -0.39 is 11.2 Å². The van der Waals surface area contributed by atoms with Crippen LogP contribution in [-0.4, -0.2) is 44.2 Å². The van der Waals surface area contributed by atoms with E-state index in [1.807, 2.05) is 19.9 Å². The van der Waals surface area contributed by atoms with Crippen molar-refractivity contribution in [2.45, 2.75) is 33.4 Å². The van der Waals surface area contributed by atoms with E-state index in [2.05, 4.69) is 10.3 Å². The van der Waals surface area contributed by atoms with Crippen LogP contribution in [-0.2, 0) is 20.1 Å². The predicted molar refractivity (Wildman–Crippen MR) is 133 cm³/mol. The van der Waals surface area contributed by atoms with E-state index in [1.54, 1.807) is 41.9 Å². The zero-order valence-corrected chi connectivity index (χ0v) is 20.4. The maximum atomic E-state index is 13.5. The molecule has 182 valence electrons. The van der Waals surface area contributed by atoms with Crippen molar-refractivity contribution in [2.75, 3.05) is 19.7 Å². The van der Waals surface area contributed by atoms with Crippen LogP contribution in [0, 0.1) is 5.92 Å². The fourth-order valence-corrected chi connectivity index (χ4v) is 3.95. The van der Waals surface area contributed by atoms with Gasteiger partial charge in [-0.3, -0.25) is 23.3 Å². The first-order chi connectivity index (χ1) is 15.9. The average Bonchev–Trinajstić information content (AvgIpc) is 3.46. The minimum absolute atomic E-state index is 0. The van der Waals surface area contributed by atoms with Gasteiger partial charge in [-0.25, -0.2) is 4.79 Å². The topological polar surface area (TPSA) is 100 Å². The number of benzene rings is 1. The zero-order valence-electron chi connectivity index (χ0n) is 19.6. The number of nitrogens with zero attached hydrogens (tertiary/aromatic N) is 4. The van der Waals surface area contributed by atoms with Gasteiger partial charge in [0.2, 0.25) is 0 Å². The van der Waals surface area contributed by atoms with Crippen molar-refractivity contribution in [1.29, 1.82) is 0 Å². The van der Waals surface area contributed by atoms with Crippen molar-refractivity contribution < 1.29 is 9.53 Å². The Bertz CT molecular complexity index is 1310. The second-order valence-electron chi connectivity index (χ2n) is 8.65. The number of nitrogens with one attached hydrogen (secondary N) is 1. The molecule has 0 saturated carbocycles. The van der Waals surface area contributed by atoms with Gasteiger partial charge in [-0.1, -0.05) is 42.0 Å². The monoisotopic (exact) mass is 487 g/mol. The first kappa shape index (κ1) is 25.5. The number of fused-ring (bicyclic) bond motifs is 1. The lowest BCUT2D eigenvalue weighted by atomic mass is 10.1. The largest absolute Gasteiger partial charge is 0.464 e. The molecular weight excluding hydrogens is 458 g/mol. The van der Waals surface area contributed by atoms with E-state index in [0.717, 1.165) is 29.7 Å². The molecule has 4 rings (SSSR count). The minimum Gasteiger partial charge on any atom is -0.464 e. The maximum Gasteiger partial charge on any atom is 0.332 e. The summed E-state index contributed by atoms with van der Waals surface area (Å²) in [4.78, 5) is 43.7. The molecule has 34 heavy (non-hydrogen) atoms. The van der Waals surface area contributed by atoms with Crippen LogP contribution in [0.1, 0.15) is 30.6 Å². The Morgan fingerprint density at radius 3 is 2.59 bits per heavy atom. The Kier molecular flexibility index (Phi) is 8.11. The maximum absolute atomic E-state index is 13.5. The van der Waals surface area contributed by atoms with Crippen molar-refractivity contribution >= 4 is 29.4 Å². The highest BCUT2D eigenvalue weighted by atomic mass is 35.5. The van der Waals surface area contributed by atoms with Gasteiger partial charge in [-0.2, -0.15) is 4.98 Å². The lowest BCUT2D eigenvalue weighted by molar-refractivity contribution is 0.0969. The fourth-order valence-electron chi connectivity index (χ4n) is 3.95. The van der Waals surface area contributed by atoms with E-state index >= 15 is 0 Å². The molecule has 1 N–H and O–H groups in total. The van der Waals surface area contributed by atoms with Crippen molar-refractivity contribution in [1.82, 2.24) is 24.0 Å². The molecule has 0 radical (unpaired) electrons. The van der Waals surface area contributed by atoms with Crippen LogP contribution in [0.3, 0.4) is 0 Å². The van der Waals surface area contributed by atoms with Gasteiger partial charge in [-0.15, -0.1) is 12.4 Å². The number of carbonyl (C=O) groups is 1. The minimum atomic E-state index is -0.588. The first-order valence-corrected chi connectivity index (χ1v) is 11.1. The molecule has 1 saturated heterocycles. The number of aryl methyl sites for hydroxylation is 1. The lowest BCUT2D eigenvalue weighted by Crippen LogP contribution is -2.41. The summed E-state index contributed by atoms with van der Waals surface area (Å²) < 4.78 is 10.00. The first-order valence-electron chi connectivity index (χ1n) is 11.1. The summed E-state index contributed by atoms with van der Waals surface area (Å²) in [6.45, 7) is 6.27. The molecule has 10 heteroatoms. The highest BCUT2D eigenvalue weighted by Crippen LogP contribution is 2.20. The molecule has 1 aliphatic heterocycles. The summed E-state index contributed by atoms with van der Waals surface area (Å²) in [5, 5.41) is 3.31. The van der Waals surface area contributed by atoms with Gasteiger partial charge in [0.1, 0.15) is 0 Å². The fraction of sp³-hybridized carbons (Fsp3) is 0.417. The number of ether oxygens (including phenoxy) is 1. The molecule has 0 unspecified atom stereocenters. The van der Waals surface area contributed by atoms with Crippen LogP contribution in [0.2, 0.25) is 0 Å². The summed E-state index contributed by atoms with van der Waals surface area (Å²) in [5.41, 5.74) is 0.871. The summed E-state index contributed by atoms with van der Waals surface area (Å²) in [5.74, 6) is 0.0559. The number of imidazole rings is 1. The Morgan fingerprint density at radius 1 is 1.21 bits per heavy atom. The SMILES string of the molecule is CC(C)=CCn1c(OC[C@@H]2CCNC2)nc2c1c(=O)n(CC(=O)c1ccccc1)c(=O)n2C.Cl. The third-order valence-electron chi connectivity index (χ3n) is 5.89. The van der Waals surface area contributed by atoms with Crippen LogP contribution < -0.4 is 21.3 Å². The smallest absolute Gasteiger partial charge is 0.332 e. The van der Waals surface area contributed by atoms with Crippen LogP contribution in [0.25, 0.3) is 11.2 Å². The summed E-state index contributed by atoms with van der Waals surface area (Å²) in [6, 6.07) is 8.93. The number of rotatable bonds is 8. The van der Waals surface area contributed by atoms with Crippen molar-refractivity contribution in [3.05, 3.63) is 68.4 Å². The second-order valence-corrected chi connectivity index (χ2v) is 8.65. The molecule has 0 spiro atoms. The van der Waals surface area contributed by atoms with Crippen LogP contribution >= 0.6 is 12.4 Å². The van der Waals surface area contributed by atoms with E-state index in [9.17, 15) is 14.4 Å². The van der Waals surface area contributed by atoms with Gasteiger partial charge >= 0.3 is 5.69 Å². The number of Topliss-reactive ketones (excluding diaryl/α,β-unsaturated/α-hetero) is 1. The molecule has 1 fully saturated rings. The molecule has 0 amide bonds. The number of hydrogen-bond acceptors (Lipinski definition) is 6.